The van der Waals surface area contributed by atoms with E-state index in [0.717, 1.165) is 37.6 Å². The first kappa shape index (κ1) is 13.7. The zero-order valence-corrected chi connectivity index (χ0v) is 12.7. The van der Waals surface area contributed by atoms with Gasteiger partial charge < -0.3 is 5.32 Å². The Hall–Kier alpha value is -1.23. The molecule has 1 N–H and O–H groups in total. The summed E-state index contributed by atoms with van der Waals surface area (Å²) in [6.45, 7) is 2.75. The van der Waals surface area contributed by atoms with Crippen LogP contribution in [0.4, 0.5) is 14.5 Å². The molecule has 3 rings (SSSR count). The van der Waals surface area contributed by atoms with Crippen molar-refractivity contribution < 1.29 is 8.78 Å². The van der Waals surface area contributed by atoms with Crippen LogP contribution < -0.4 is 5.32 Å². The van der Waals surface area contributed by atoms with E-state index in [0.29, 0.717) is 11.6 Å². The molecule has 1 aromatic heterocycles. The van der Waals surface area contributed by atoms with E-state index in [9.17, 15) is 8.78 Å². The maximum absolute atomic E-state index is 14.3. The summed E-state index contributed by atoms with van der Waals surface area (Å²) in [6.07, 6.45) is 3.07. The van der Waals surface area contributed by atoms with Crippen molar-refractivity contribution in [3.05, 3.63) is 33.9 Å². The molecule has 1 heterocycles. The monoisotopic (exact) mass is 340 g/mol. The van der Waals surface area contributed by atoms with Crippen molar-refractivity contribution in [3.63, 3.8) is 0 Å². The average molecular weight is 341 g/mol. The highest BCUT2D eigenvalue weighted by atomic mass is 79.9. The number of fused-ring (bicyclic) bond motifs is 1. The standard InChI is InChI=1S/C15H15BrF2N2/c1-2-5-19-12-7-11(8-3-4-8)20-15-10(17)6-9(16)14(18)13(12)15/h6-8H,2-5H2,1H3,(H,19,20). The van der Waals surface area contributed by atoms with Gasteiger partial charge >= 0.3 is 0 Å². The van der Waals surface area contributed by atoms with Gasteiger partial charge in [-0.3, -0.25) is 0 Å². The fraction of sp³-hybridized carbons (Fsp3) is 0.400. The Morgan fingerprint density at radius 2 is 2.10 bits per heavy atom. The molecule has 2 nitrogen and oxygen atoms in total. The van der Waals surface area contributed by atoms with Gasteiger partial charge in [0, 0.05) is 23.8 Å². The van der Waals surface area contributed by atoms with Gasteiger partial charge in [0.1, 0.15) is 11.3 Å². The number of nitrogens with one attached hydrogen (secondary N) is 1. The lowest BCUT2D eigenvalue weighted by atomic mass is 10.1. The van der Waals surface area contributed by atoms with Gasteiger partial charge in [-0.15, -0.1) is 0 Å². The summed E-state index contributed by atoms with van der Waals surface area (Å²) in [5.41, 5.74) is 1.61. The number of rotatable bonds is 4. The molecule has 20 heavy (non-hydrogen) atoms. The van der Waals surface area contributed by atoms with Gasteiger partial charge in [0.25, 0.3) is 0 Å². The first-order chi connectivity index (χ1) is 9.61. The lowest BCUT2D eigenvalue weighted by Gasteiger charge is -2.13. The molecule has 0 amide bonds. The Bertz CT molecular complexity index is 669. The second-order valence-corrected chi connectivity index (χ2v) is 6.03. The normalized spacial score (nSPS) is 14.8. The van der Waals surface area contributed by atoms with Gasteiger partial charge in [-0.05, 0) is 47.3 Å². The lowest BCUT2D eigenvalue weighted by Crippen LogP contribution is -2.04. The highest BCUT2D eigenvalue weighted by Crippen LogP contribution is 2.42. The van der Waals surface area contributed by atoms with Crippen molar-refractivity contribution >= 4 is 32.5 Å². The first-order valence-corrected chi connectivity index (χ1v) is 7.63. The van der Waals surface area contributed by atoms with E-state index in [-0.39, 0.29) is 15.4 Å². The molecule has 0 radical (unpaired) electrons. The van der Waals surface area contributed by atoms with Crippen molar-refractivity contribution in [3.8, 4) is 0 Å². The molecule has 1 aliphatic rings. The second-order valence-electron chi connectivity index (χ2n) is 5.17. The predicted molar refractivity (Wildman–Crippen MR) is 80.1 cm³/mol. The molecule has 0 aliphatic heterocycles. The highest BCUT2D eigenvalue weighted by Gasteiger charge is 2.27. The highest BCUT2D eigenvalue weighted by molar-refractivity contribution is 9.10. The molecule has 1 aromatic carbocycles. The molecule has 0 saturated heterocycles. The lowest BCUT2D eigenvalue weighted by molar-refractivity contribution is 0.609. The van der Waals surface area contributed by atoms with Crippen molar-refractivity contribution in [2.24, 2.45) is 0 Å². The summed E-state index contributed by atoms with van der Waals surface area (Å²) < 4.78 is 28.6. The number of aromatic nitrogens is 1. The Kier molecular flexibility index (Phi) is 3.63. The maximum Gasteiger partial charge on any atom is 0.150 e. The molecular weight excluding hydrogens is 326 g/mol. The number of halogens is 3. The van der Waals surface area contributed by atoms with Gasteiger partial charge in [-0.25, -0.2) is 13.8 Å². The second kappa shape index (κ2) is 5.28. The van der Waals surface area contributed by atoms with E-state index in [1.54, 1.807) is 0 Å². The van der Waals surface area contributed by atoms with Crippen LogP contribution in [0, 0.1) is 11.6 Å². The fourth-order valence-corrected chi connectivity index (χ4v) is 2.71. The smallest absolute Gasteiger partial charge is 0.150 e. The zero-order chi connectivity index (χ0) is 14.3. The minimum Gasteiger partial charge on any atom is -0.384 e. The third kappa shape index (κ3) is 2.39. The molecule has 5 heteroatoms. The molecule has 2 aromatic rings. The largest absolute Gasteiger partial charge is 0.384 e. The van der Waals surface area contributed by atoms with Crippen LogP contribution in [0.15, 0.2) is 16.6 Å². The van der Waals surface area contributed by atoms with Crippen LogP contribution in [0.3, 0.4) is 0 Å². The van der Waals surface area contributed by atoms with Gasteiger partial charge in [-0.2, -0.15) is 0 Å². The average Bonchev–Trinajstić information content (AvgIpc) is 3.26. The van der Waals surface area contributed by atoms with Crippen molar-refractivity contribution in [1.29, 1.82) is 0 Å². The maximum atomic E-state index is 14.3. The number of pyridine rings is 1. The first-order valence-electron chi connectivity index (χ1n) is 6.83. The van der Waals surface area contributed by atoms with Gasteiger partial charge in [0.15, 0.2) is 5.82 Å². The Labute approximate surface area is 124 Å². The van der Waals surface area contributed by atoms with E-state index < -0.39 is 11.6 Å². The van der Waals surface area contributed by atoms with E-state index >= 15 is 0 Å². The number of hydrogen-bond donors (Lipinski definition) is 1. The SMILES string of the molecule is CCCNc1cc(C2CC2)nc2c(F)cc(Br)c(F)c12. The summed E-state index contributed by atoms with van der Waals surface area (Å²) in [5, 5.41) is 3.42. The van der Waals surface area contributed by atoms with Crippen molar-refractivity contribution in [1.82, 2.24) is 4.98 Å². The quantitative estimate of drug-likeness (QED) is 0.794. The van der Waals surface area contributed by atoms with E-state index in [2.05, 4.69) is 26.2 Å². The van der Waals surface area contributed by atoms with E-state index in [4.69, 9.17) is 0 Å². The summed E-state index contributed by atoms with van der Waals surface area (Å²) >= 11 is 3.06. The molecule has 1 saturated carbocycles. The summed E-state index contributed by atoms with van der Waals surface area (Å²) in [4.78, 5) is 4.33. The number of anilines is 1. The molecule has 1 aliphatic carbocycles. The topological polar surface area (TPSA) is 24.9 Å². The van der Waals surface area contributed by atoms with Gasteiger partial charge in [-0.1, -0.05) is 6.92 Å². The third-order valence-electron chi connectivity index (χ3n) is 3.51. The Morgan fingerprint density at radius 3 is 2.75 bits per heavy atom. The van der Waals surface area contributed by atoms with Crippen molar-refractivity contribution in [2.75, 3.05) is 11.9 Å². The van der Waals surface area contributed by atoms with E-state index in [1.165, 1.54) is 0 Å². The van der Waals surface area contributed by atoms with Crippen LogP contribution in [-0.2, 0) is 0 Å². The predicted octanol–water partition coefficient (Wildman–Crippen LogP) is 4.97. The van der Waals surface area contributed by atoms with Crippen LogP contribution in [0.2, 0.25) is 0 Å². The summed E-state index contributed by atoms with van der Waals surface area (Å²) in [7, 11) is 0. The number of benzene rings is 1. The Balaban J connectivity index is 2.25. The van der Waals surface area contributed by atoms with Crippen molar-refractivity contribution in [2.45, 2.75) is 32.1 Å². The zero-order valence-electron chi connectivity index (χ0n) is 11.1. The molecule has 106 valence electrons. The Morgan fingerprint density at radius 1 is 1.35 bits per heavy atom. The number of nitrogens with zero attached hydrogens (tertiary/aromatic N) is 1. The van der Waals surface area contributed by atoms with Crippen LogP contribution in [-0.4, -0.2) is 11.5 Å². The van der Waals surface area contributed by atoms with Crippen LogP contribution in [0.25, 0.3) is 10.9 Å². The minimum absolute atomic E-state index is 0.119. The van der Waals surface area contributed by atoms with Crippen LogP contribution in [0.1, 0.15) is 37.8 Å². The number of hydrogen-bond acceptors (Lipinski definition) is 2. The molecular formula is C15H15BrF2N2. The van der Waals surface area contributed by atoms with Gasteiger partial charge in [0.05, 0.1) is 9.86 Å². The molecule has 0 unspecified atom stereocenters. The minimum atomic E-state index is -0.490. The summed E-state index contributed by atoms with van der Waals surface area (Å²) in [5.74, 6) is -0.558. The molecule has 0 atom stereocenters. The molecule has 0 spiro atoms. The molecule has 1 fully saturated rings. The summed E-state index contributed by atoms with van der Waals surface area (Å²) in [6, 6.07) is 3.01. The third-order valence-corrected chi connectivity index (χ3v) is 4.09. The van der Waals surface area contributed by atoms with Gasteiger partial charge in [0.2, 0.25) is 0 Å². The molecule has 0 bridgehead atoms. The van der Waals surface area contributed by atoms with Crippen LogP contribution in [0.5, 0.6) is 0 Å². The van der Waals surface area contributed by atoms with E-state index in [1.807, 2.05) is 13.0 Å². The van der Waals surface area contributed by atoms with Crippen LogP contribution >= 0.6 is 15.9 Å². The fourth-order valence-electron chi connectivity index (χ4n) is 2.31.